The van der Waals surface area contributed by atoms with Crippen LogP contribution in [0.15, 0.2) is 77.3 Å². The van der Waals surface area contributed by atoms with Gasteiger partial charge in [-0.05, 0) is 91.2 Å². The molecule has 3 aromatic heterocycles. The molecule has 1 saturated heterocycles. The number of pyridine rings is 1. The van der Waals surface area contributed by atoms with Gasteiger partial charge >= 0.3 is 0 Å². The smallest absolute Gasteiger partial charge is 0.242 e. The van der Waals surface area contributed by atoms with E-state index in [2.05, 4.69) is 27.0 Å². The average molecular weight is 625 g/mol. The summed E-state index contributed by atoms with van der Waals surface area (Å²) < 4.78 is 30.4. The zero-order valence-electron chi connectivity index (χ0n) is 24.4. The van der Waals surface area contributed by atoms with Crippen LogP contribution in [0.4, 0.5) is 5.95 Å². The van der Waals surface area contributed by atoms with Gasteiger partial charge in [0.15, 0.2) is 0 Å². The number of likely N-dealkylation sites (tertiary alicyclic amines) is 1. The molecule has 0 amide bonds. The van der Waals surface area contributed by atoms with Crippen LogP contribution in [-0.2, 0) is 16.6 Å². The first kappa shape index (κ1) is 29.7. The lowest BCUT2D eigenvalue weighted by molar-refractivity contribution is 0.211. The molecule has 4 heterocycles. The summed E-state index contributed by atoms with van der Waals surface area (Å²) in [5.41, 5.74) is 5.63. The van der Waals surface area contributed by atoms with Crippen LogP contribution in [0.2, 0.25) is 0 Å². The van der Waals surface area contributed by atoms with Crippen molar-refractivity contribution in [2.75, 3.05) is 18.4 Å². The van der Waals surface area contributed by atoms with E-state index < -0.39 is 10.0 Å². The summed E-state index contributed by atoms with van der Waals surface area (Å²) in [6, 6.07) is 16.8. The third kappa shape index (κ3) is 7.06. The molecule has 0 radical (unpaired) electrons. The maximum absolute atomic E-state index is 11.5. The predicted molar refractivity (Wildman–Crippen MR) is 173 cm³/mol. The summed E-state index contributed by atoms with van der Waals surface area (Å²) in [5.74, 6) is 8.25. The molecule has 1 aliphatic rings. The van der Waals surface area contributed by atoms with Crippen LogP contribution < -0.4 is 15.2 Å². The number of nitrogens with two attached hydrogens (primary N) is 1. The Morgan fingerprint density at radius 2 is 1.75 bits per heavy atom. The number of rotatable bonds is 7. The van der Waals surface area contributed by atoms with E-state index in [-0.39, 0.29) is 10.9 Å². The number of anilines is 1. The quantitative estimate of drug-likeness (QED) is 0.224. The van der Waals surface area contributed by atoms with E-state index >= 15 is 0 Å². The summed E-state index contributed by atoms with van der Waals surface area (Å²) in [7, 11) is -3.69. The second-order valence-electron chi connectivity index (χ2n) is 10.9. The topological polar surface area (TPSA) is 123 Å². The van der Waals surface area contributed by atoms with Crippen molar-refractivity contribution >= 4 is 37.5 Å². The second-order valence-corrected chi connectivity index (χ2v) is 13.4. The highest BCUT2D eigenvalue weighted by molar-refractivity contribution is 7.89. The van der Waals surface area contributed by atoms with Crippen LogP contribution in [0.3, 0.4) is 0 Å². The number of piperidine rings is 1. The molecule has 0 bridgehead atoms. The van der Waals surface area contributed by atoms with Crippen molar-refractivity contribution in [3.8, 4) is 23.5 Å². The van der Waals surface area contributed by atoms with Gasteiger partial charge in [-0.2, -0.15) is 4.98 Å². The van der Waals surface area contributed by atoms with Crippen molar-refractivity contribution in [2.45, 2.75) is 44.2 Å². The molecule has 9 nitrogen and oxygen atoms in total. The first-order valence-electron chi connectivity index (χ1n) is 14.3. The van der Waals surface area contributed by atoms with Crippen molar-refractivity contribution in [3.63, 3.8) is 0 Å². The molecule has 3 N–H and O–H groups in total. The van der Waals surface area contributed by atoms with Crippen LogP contribution in [0.25, 0.3) is 10.2 Å². The van der Waals surface area contributed by atoms with Gasteiger partial charge in [0.25, 0.3) is 0 Å². The molecule has 0 unspecified atom stereocenters. The van der Waals surface area contributed by atoms with Gasteiger partial charge in [0.1, 0.15) is 10.4 Å². The van der Waals surface area contributed by atoms with E-state index in [0.717, 1.165) is 76.3 Å². The minimum atomic E-state index is -3.69. The predicted octanol–water partition coefficient (Wildman–Crippen LogP) is 5.62. The number of aryl methyl sites for hydroxylation is 2. The summed E-state index contributed by atoms with van der Waals surface area (Å²) in [6.07, 6.45) is 5.34. The number of nitrogens with one attached hydrogen (secondary N) is 1. The lowest BCUT2D eigenvalue weighted by Crippen LogP contribution is -2.39. The molecule has 44 heavy (non-hydrogen) atoms. The van der Waals surface area contributed by atoms with Crippen LogP contribution in [0.1, 0.15) is 40.7 Å². The molecule has 0 spiro atoms. The first-order valence-corrected chi connectivity index (χ1v) is 16.7. The number of primary sulfonamides is 1. The highest BCUT2D eigenvalue weighted by Crippen LogP contribution is 2.36. The summed E-state index contributed by atoms with van der Waals surface area (Å²) in [5, 5.41) is 10.8. The molecule has 224 valence electrons. The van der Waals surface area contributed by atoms with Crippen molar-refractivity contribution in [3.05, 3.63) is 100 Å². The summed E-state index contributed by atoms with van der Waals surface area (Å²) in [4.78, 5) is 16.2. The number of hydrogen-bond acceptors (Lipinski definition) is 9. The number of ether oxygens (including phenoxy) is 1. The molecule has 1 aliphatic heterocycles. The number of sulfonamides is 1. The Hall–Kier alpha value is -4.34. The minimum Gasteiger partial charge on any atom is -0.437 e. The third-order valence-electron chi connectivity index (χ3n) is 7.52. The lowest BCUT2D eigenvalue weighted by atomic mass is 10.0. The highest BCUT2D eigenvalue weighted by atomic mass is 32.2. The first-order chi connectivity index (χ1) is 21.2. The molecular formula is C33H32N6O3S2. The Balaban J connectivity index is 1.13. The third-order valence-corrected chi connectivity index (χ3v) is 9.34. The molecule has 6 rings (SSSR count). The van der Waals surface area contributed by atoms with Crippen LogP contribution >= 0.6 is 11.3 Å². The van der Waals surface area contributed by atoms with E-state index in [4.69, 9.17) is 19.8 Å². The Morgan fingerprint density at radius 3 is 2.43 bits per heavy atom. The number of fused-ring (bicyclic) bond motifs is 1. The van der Waals surface area contributed by atoms with E-state index in [1.54, 1.807) is 35.9 Å². The fourth-order valence-corrected chi connectivity index (χ4v) is 6.56. The normalized spacial score (nSPS) is 14.2. The minimum absolute atomic E-state index is 0.128. The van der Waals surface area contributed by atoms with Crippen molar-refractivity contribution in [2.24, 2.45) is 5.14 Å². The Labute approximate surface area is 261 Å². The Morgan fingerprint density at radius 1 is 1.02 bits per heavy atom. The molecule has 5 aromatic rings. The van der Waals surface area contributed by atoms with E-state index in [0.29, 0.717) is 11.8 Å². The van der Waals surface area contributed by atoms with Crippen molar-refractivity contribution in [1.29, 1.82) is 0 Å². The summed E-state index contributed by atoms with van der Waals surface area (Å²) in [6.45, 7) is 6.58. The monoisotopic (exact) mass is 624 g/mol. The maximum atomic E-state index is 11.5. The molecule has 0 atom stereocenters. The van der Waals surface area contributed by atoms with Gasteiger partial charge in [0, 0.05) is 49.2 Å². The average Bonchev–Trinajstić information content (AvgIpc) is 3.48. The largest absolute Gasteiger partial charge is 0.437 e. The second kappa shape index (κ2) is 12.7. The Bertz CT molecular complexity index is 1940. The zero-order chi connectivity index (χ0) is 30.7. The standard InChI is InChI=1S/C33H32N6O3S2/c1-22-18-26(6-5-24-4-3-14-35-20-24)19-23(2)30(22)42-32-31-29(13-17-43-31)37-33(38-32)36-27-11-15-39(16-12-27)21-25-7-9-28(10-8-25)44(34,40)41/h3-4,7-10,13-14,17-20,27H,11-12,15-16,21H2,1-2H3,(H2,34,40,41)(H,36,37,38). The molecule has 1 fully saturated rings. The SMILES string of the molecule is Cc1cc(C#Cc2cccnc2)cc(C)c1Oc1nc(NC2CCN(Cc3ccc(S(N)(=O)=O)cc3)CC2)nc2ccsc12. The van der Waals surface area contributed by atoms with Gasteiger partial charge in [-0.1, -0.05) is 24.0 Å². The van der Waals surface area contributed by atoms with E-state index in [9.17, 15) is 8.42 Å². The van der Waals surface area contributed by atoms with Gasteiger partial charge in [0.2, 0.25) is 21.9 Å². The van der Waals surface area contributed by atoms with Gasteiger partial charge in [-0.15, -0.1) is 11.3 Å². The molecule has 0 aliphatic carbocycles. The maximum Gasteiger partial charge on any atom is 0.242 e. The van der Waals surface area contributed by atoms with Gasteiger partial charge in [-0.3, -0.25) is 9.88 Å². The molecule has 2 aromatic carbocycles. The van der Waals surface area contributed by atoms with Crippen LogP contribution in [0, 0.1) is 25.7 Å². The number of aromatic nitrogens is 3. The highest BCUT2D eigenvalue weighted by Gasteiger charge is 2.22. The van der Waals surface area contributed by atoms with Crippen LogP contribution in [0.5, 0.6) is 11.6 Å². The number of hydrogen-bond donors (Lipinski definition) is 2. The summed E-state index contributed by atoms with van der Waals surface area (Å²) >= 11 is 1.56. The Kier molecular flexibility index (Phi) is 8.59. The van der Waals surface area contributed by atoms with E-state index in [1.807, 2.05) is 61.7 Å². The van der Waals surface area contributed by atoms with Gasteiger partial charge in [-0.25, -0.2) is 18.5 Å². The number of nitrogens with zero attached hydrogens (tertiary/aromatic N) is 4. The number of benzene rings is 2. The number of thiophene rings is 1. The van der Waals surface area contributed by atoms with Crippen LogP contribution in [-0.4, -0.2) is 47.4 Å². The van der Waals surface area contributed by atoms with E-state index in [1.165, 1.54) is 0 Å². The zero-order valence-corrected chi connectivity index (χ0v) is 26.1. The van der Waals surface area contributed by atoms with Gasteiger partial charge in [0.05, 0.1) is 10.4 Å². The van der Waals surface area contributed by atoms with Crippen molar-refractivity contribution in [1.82, 2.24) is 19.9 Å². The molecule has 11 heteroatoms. The fourth-order valence-electron chi connectivity index (χ4n) is 5.29. The molecular weight excluding hydrogens is 593 g/mol. The fraction of sp³-hybridized carbons (Fsp3) is 0.242. The lowest BCUT2D eigenvalue weighted by Gasteiger charge is -2.32. The van der Waals surface area contributed by atoms with Crippen molar-refractivity contribution < 1.29 is 13.2 Å². The van der Waals surface area contributed by atoms with Gasteiger partial charge < -0.3 is 10.1 Å². The molecule has 0 saturated carbocycles.